The Hall–Kier alpha value is -1.10. The molecule has 5 heteroatoms. The molecule has 0 saturated heterocycles. The van der Waals surface area contributed by atoms with E-state index in [1.165, 1.54) is 0 Å². The number of hydrogen-bond donors (Lipinski definition) is 3. The molecule has 0 aliphatic heterocycles. The van der Waals surface area contributed by atoms with E-state index in [4.69, 9.17) is 5.73 Å². The van der Waals surface area contributed by atoms with E-state index in [2.05, 4.69) is 10.6 Å². The summed E-state index contributed by atoms with van der Waals surface area (Å²) in [6.45, 7) is 5.92. The minimum absolute atomic E-state index is 0.107. The van der Waals surface area contributed by atoms with Crippen LogP contribution in [0.4, 0.5) is 0 Å². The van der Waals surface area contributed by atoms with E-state index >= 15 is 0 Å². The van der Waals surface area contributed by atoms with Crippen molar-refractivity contribution in [3.63, 3.8) is 0 Å². The number of rotatable bonds is 7. The quantitative estimate of drug-likeness (QED) is 0.620. The molecule has 1 unspecified atom stereocenters. The molecule has 0 aromatic carbocycles. The SMILES string of the molecule is CCC(CC)(CN)C(=O)NC(C)C(=O)NC1CC1. The van der Waals surface area contributed by atoms with Crippen molar-refractivity contribution in [3.8, 4) is 0 Å². The second-order valence-corrected chi connectivity index (χ2v) is 5.17. The van der Waals surface area contributed by atoms with Crippen LogP contribution in [-0.2, 0) is 9.59 Å². The van der Waals surface area contributed by atoms with Gasteiger partial charge >= 0.3 is 0 Å². The fraction of sp³-hybridized carbons (Fsp3) is 0.846. The van der Waals surface area contributed by atoms with Gasteiger partial charge in [0.1, 0.15) is 6.04 Å². The number of carbonyl (C=O) groups is 2. The zero-order valence-corrected chi connectivity index (χ0v) is 11.6. The molecular weight excluding hydrogens is 230 g/mol. The van der Waals surface area contributed by atoms with Gasteiger partial charge in [-0.1, -0.05) is 13.8 Å². The van der Waals surface area contributed by atoms with Gasteiger partial charge < -0.3 is 16.4 Å². The number of nitrogens with two attached hydrogens (primary N) is 1. The zero-order valence-electron chi connectivity index (χ0n) is 11.6. The van der Waals surface area contributed by atoms with Crippen LogP contribution >= 0.6 is 0 Å². The molecule has 1 aliphatic rings. The van der Waals surface area contributed by atoms with Gasteiger partial charge in [-0.3, -0.25) is 9.59 Å². The number of carbonyl (C=O) groups excluding carboxylic acids is 2. The molecule has 0 radical (unpaired) electrons. The minimum Gasteiger partial charge on any atom is -0.352 e. The van der Waals surface area contributed by atoms with Crippen LogP contribution in [0.3, 0.4) is 0 Å². The molecular formula is C13H25N3O2. The molecule has 104 valence electrons. The summed E-state index contributed by atoms with van der Waals surface area (Å²) in [6, 6.07) is -0.185. The minimum atomic E-state index is -0.547. The zero-order chi connectivity index (χ0) is 13.8. The molecule has 1 saturated carbocycles. The molecule has 1 rings (SSSR count). The first-order valence-electron chi connectivity index (χ1n) is 6.80. The molecule has 0 heterocycles. The van der Waals surface area contributed by atoms with Crippen molar-refractivity contribution in [1.82, 2.24) is 10.6 Å². The van der Waals surface area contributed by atoms with Crippen LogP contribution in [0.1, 0.15) is 46.5 Å². The highest BCUT2D eigenvalue weighted by atomic mass is 16.2. The highest BCUT2D eigenvalue weighted by Crippen LogP contribution is 2.25. The summed E-state index contributed by atoms with van der Waals surface area (Å²) in [5, 5.41) is 5.66. The van der Waals surface area contributed by atoms with Crippen molar-refractivity contribution in [2.75, 3.05) is 6.54 Å². The first kappa shape index (κ1) is 15.0. The molecule has 5 nitrogen and oxygen atoms in total. The van der Waals surface area contributed by atoms with E-state index in [0.717, 1.165) is 12.8 Å². The number of hydrogen-bond acceptors (Lipinski definition) is 3. The van der Waals surface area contributed by atoms with Crippen molar-refractivity contribution >= 4 is 11.8 Å². The average Bonchev–Trinajstić information content (AvgIpc) is 3.16. The van der Waals surface area contributed by atoms with Crippen LogP contribution in [0.15, 0.2) is 0 Å². The lowest BCUT2D eigenvalue weighted by atomic mass is 9.81. The lowest BCUT2D eigenvalue weighted by Gasteiger charge is -2.30. The van der Waals surface area contributed by atoms with Gasteiger partial charge in [0.15, 0.2) is 0 Å². The van der Waals surface area contributed by atoms with Crippen molar-refractivity contribution in [2.24, 2.45) is 11.1 Å². The van der Waals surface area contributed by atoms with Gasteiger partial charge in [0.2, 0.25) is 11.8 Å². The van der Waals surface area contributed by atoms with Gasteiger partial charge in [0, 0.05) is 12.6 Å². The monoisotopic (exact) mass is 255 g/mol. The highest BCUT2D eigenvalue weighted by Gasteiger charge is 2.35. The summed E-state index contributed by atoms with van der Waals surface area (Å²) < 4.78 is 0. The van der Waals surface area contributed by atoms with Crippen LogP contribution < -0.4 is 16.4 Å². The maximum absolute atomic E-state index is 12.2. The molecule has 0 spiro atoms. The lowest BCUT2D eigenvalue weighted by Crippen LogP contribution is -2.52. The Morgan fingerprint density at radius 1 is 1.33 bits per heavy atom. The predicted octanol–water partition coefficient (Wildman–Crippen LogP) is 0.535. The second kappa shape index (κ2) is 6.18. The maximum Gasteiger partial charge on any atom is 0.242 e. The summed E-state index contributed by atoms with van der Waals surface area (Å²) in [5.41, 5.74) is 5.16. The van der Waals surface area contributed by atoms with Crippen molar-refractivity contribution in [3.05, 3.63) is 0 Å². The Morgan fingerprint density at radius 2 is 1.89 bits per heavy atom. The van der Waals surface area contributed by atoms with E-state index in [-0.39, 0.29) is 11.8 Å². The first-order valence-corrected chi connectivity index (χ1v) is 6.80. The topological polar surface area (TPSA) is 84.2 Å². The molecule has 0 aromatic rings. The van der Waals surface area contributed by atoms with Crippen LogP contribution in [0.25, 0.3) is 0 Å². The lowest BCUT2D eigenvalue weighted by molar-refractivity contribution is -0.135. The van der Waals surface area contributed by atoms with Gasteiger partial charge in [-0.25, -0.2) is 0 Å². The smallest absolute Gasteiger partial charge is 0.242 e. The summed E-state index contributed by atoms with van der Waals surface area (Å²) in [6.07, 6.45) is 3.46. The van der Waals surface area contributed by atoms with Crippen molar-refractivity contribution < 1.29 is 9.59 Å². The van der Waals surface area contributed by atoms with Gasteiger partial charge in [0.05, 0.1) is 5.41 Å². The predicted molar refractivity (Wildman–Crippen MR) is 70.8 cm³/mol. The maximum atomic E-state index is 12.2. The van der Waals surface area contributed by atoms with Crippen LogP contribution in [-0.4, -0.2) is 30.4 Å². The van der Waals surface area contributed by atoms with Gasteiger partial charge in [-0.05, 0) is 32.6 Å². The third kappa shape index (κ3) is 3.45. The largest absolute Gasteiger partial charge is 0.352 e. The molecule has 18 heavy (non-hydrogen) atoms. The fourth-order valence-electron chi connectivity index (χ4n) is 1.92. The van der Waals surface area contributed by atoms with Crippen LogP contribution in [0.5, 0.6) is 0 Å². The Labute approximate surface area is 109 Å². The van der Waals surface area contributed by atoms with Gasteiger partial charge in [0.25, 0.3) is 0 Å². The van der Waals surface area contributed by atoms with Gasteiger partial charge in [-0.15, -0.1) is 0 Å². The Balaban J connectivity index is 2.53. The first-order chi connectivity index (χ1) is 8.49. The van der Waals surface area contributed by atoms with E-state index in [9.17, 15) is 9.59 Å². The molecule has 0 bridgehead atoms. The van der Waals surface area contributed by atoms with E-state index in [1.54, 1.807) is 6.92 Å². The molecule has 1 aliphatic carbocycles. The average molecular weight is 255 g/mol. The number of nitrogens with one attached hydrogen (secondary N) is 2. The molecule has 1 atom stereocenters. The third-order valence-corrected chi connectivity index (χ3v) is 3.89. The molecule has 0 aromatic heterocycles. The van der Waals surface area contributed by atoms with Crippen LogP contribution in [0.2, 0.25) is 0 Å². The number of amides is 2. The molecule has 4 N–H and O–H groups in total. The fourth-order valence-corrected chi connectivity index (χ4v) is 1.92. The molecule has 2 amide bonds. The van der Waals surface area contributed by atoms with Crippen LogP contribution in [0, 0.1) is 5.41 Å². The summed E-state index contributed by atoms with van der Waals surface area (Å²) >= 11 is 0. The Bertz CT molecular complexity index is 301. The van der Waals surface area contributed by atoms with E-state index in [0.29, 0.717) is 25.4 Å². The van der Waals surface area contributed by atoms with Crippen molar-refractivity contribution in [1.29, 1.82) is 0 Å². The highest BCUT2D eigenvalue weighted by molar-refractivity contribution is 5.90. The van der Waals surface area contributed by atoms with E-state index in [1.807, 2.05) is 13.8 Å². The standard InChI is InChI=1S/C13H25N3O2/c1-4-13(5-2,8-14)12(18)15-9(3)11(17)16-10-6-7-10/h9-10H,4-8,14H2,1-3H3,(H,15,18)(H,16,17). The molecule has 1 fully saturated rings. The Kier molecular flexibility index (Phi) is 5.14. The second-order valence-electron chi connectivity index (χ2n) is 5.17. The summed E-state index contributed by atoms with van der Waals surface area (Å²) in [5.74, 6) is -0.225. The summed E-state index contributed by atoms with van der Waals surface area (Å²) in [7, 11) is 0. The van der Waals surface area contributed by atoms with Gasteiger partial charge in [-0.2, -0.15) is 0 Å². The normalized spacial score (nSPS) is 17.1. The van der Waals surface area contributed by atoms with Crippen molar-refractivity contribution in [2.45, 2.75) is 58.5 Å². The Morgan fingerprint density at radius 3 is 2.28 bits per heavy atom. The third-order valence-electron chi connectivity index (χ3n) is 3.89. The van der Waals surface area contributed by atoms with E-state index < -0.39 is 11.5 Å². The summed E-state index contributed by atoms with van der Waals surface area (Å²) in [4.78, 5) is 24.0.